The molecule has 1 aromatic heterocycles. The van der Waals surface area contributed by atoms with Crippen molar-refractivity contribution in [2.24, 2.45) is 0 Å². The summed E-state index contributed by atoms with van der Waals surface area (Å²) >= 11 is 0. The van der Waals surface area contributed by atoms with Crippen molar-refractivity contribution >= 4 is 16.9 Å². The van der Waals surface area contributed by atoms with Gasteiger partial charge in [0.25, 0.3) is 0 Å². The van der Waals surface area contributed by atoms with Crippen molar-refractivity contribution in [2.75, 3.05) is 7.11 Å². The predicted octanol–water partition coefficient (Wildman–Crippen LogP) is 2.97. The van der Waals surface area contributed by atoms with Crippen LogP contribution < -0.4 is 10.2 Å². The zero-order valence-electron chi connectivity index (χ0n) is 12.6. The molecule has 0 fully saturated rings. The van der Waals surface area contributed by atoms with Crippen LogP contribution in [0.15, 0.2) is 65.6 Å². The van der Waals surface area contributed by atoms with Gasteiger partial charge >= 0.3 is 5.97 Å². The van der Waals surface area contributed by atoms with Gasteiger partial charge in [0.15, 0.2) is 5.43 Å². The Hall–Kier alpha value is -3.08. The summed E-state index contributed by atoms with van der Waals surface area (Å²) in [5.41, 5.74) is 0.530. The van der Waals surface area contributed by atoms with Crippen LogP contribution in [0.4, 0.5) is 0 Å². The van der Waals surface area contributed by atoms with Crippen LogP contribution in [0, 0.1) is 0 Å². The minimum absolute atomic E-state index is 0.0478. The molecular formula is C18H15NO4. The molecule has 3 rings (SSSR count). The third-order valence-electron chi connectivity index (χ3n) is 3.45. The van der Waals surface area contributed by atoms with E-state index in [1.165, 1.54) is 13.2 Å². The number of carbonyl (C=O) groups excluding carboxylic acids is 1. The molecule has 0 N–H and O–H groups in total. The van der Waals surface area contributed by atoms with Gasteiger partial charge < -0.3 is 14.0 Å². The number of hydrogen-bond acceptors (Lipinski definition) is 4. The summed E-state index contributed by atoms with van der Waals surface area (Å²) in [6.45, 7) is 0.0478. The van der Waals surface area contributed by atoms with Gasteiger partial charge in [-0.3, -0.25) is 9.59 Å². The van der Waals surface area contributed by atoms with Gasteiger partial charge in [-0.05, 0) is 30.3 Å². The van der Waals surface area contributed by atoms with Gasteiger partial charge in [0, 0.05) is 17.6 Å². The third kappa shape index (κ3) is 3.23. The Bertz CT molecular complexity index is 900. The monoisotopic (exact) mass is 309 g/mol. The van der Waals surface area contributed by atoms with Crippen LogP contribution in [-0.2, 0) is 16.1 Å². The van der Waals surface area contributed by atoms with Crippen molar-refractivity contribution in [3.05, 3.63) is 71.0 Å². The molecular weight excluding hydrogens is 294 g/mol. The van der Waals surface area contributed by atoms with Gasteiger partial charge in [-0.15, -0.1) is 0 Å². The Labute approximate surface area is 132 Å². The summed E-state index contributed by atoms with van der Waals surface area (Å²) in [4.78, 5) is 23.6. The number of aromatic nitrogens is 1. The van der Waals surface area contributed by atoms with Gasteiger partial charge in [0.1, 0.15) is 18.0 Å². The van der Waals surface area contributed by atoms with E-state index >= 15 is 0 Å². The average Bonchev–Trinajstić information content (AvgIpc) is 2.58. The number of para-hydroxylation sites is 1. The molecule has 0 spiro atoms. The number of rotatable bonds is 4. The third-order valence-corrected chi connectivity index (χ3v) is 3.45. The molecule has 0 atom stereocenters. The van der Waals surface area contributed by atoms with E-state index in [0.717, 1.165) is 0 Å². The first-order valence-electron chi connectivity index (χ1n) is 7.10. The molecule has 116 valence electrons. The molecule has 0 saturated carbocycles. The number of carbonyl (C=O) groups is 1. The van der Waals surface area contributed by atoms with E-state index in [1.54, 1.807) is 29.0 Å². The van der Waals surface area contributed by atoms with E-state index in [0.29, 0.717) is 22.4 Å². The van der Waals surface area contributed by atoms with Crippen molar-refractivity contribution < 1.29 is 14.3 Å². The normalized spacial score (nSPS) is 10.5. The van der Waals surface area contributed by atoms with E-state index in [1.807, 2.05) is 30.3 Å². The first kappa shape index (κ1) is 14.8. The number of pyridine rings is 1. The van der Waals surface area contributed by atoms with Gasteiger partial charge in [-0.2, -0.15) is 0 Å². The fourth-order valence-electron chi connectivity index (χ4n) is 2.32. The number of esters is 1. The standard InChI is InChI=1S/C18H15NO4/c1-22-18(21)12-19-10-9-17(20)15-11-14(7-8-16(15)19)23-13-5-3-2-4-6-13/h2-11H,12H2,1H3. The minimum Gasteiger partial charge on any atom is -0.468 e. The highest BCUT2D eigenvalue weighted by Gasteiger charge is 2.08. The smallest absolute Gasteiger partial charge is 0.325 e. The molecule has 2 aromatic carbocycles. The van der Waals surface area contributed by atoms with Crippen LogP contribution in [0.2, 0.25) is 0 Å². The summed E-state index contributed by atoms with van der Waals surface area (Å²) in [7, 11) is 1.33. The second-order valence-electron chi connectivity index (χ2n) is 4.98. The quantitative estimate of drug-likeness (QED) is 0.695. The zero-order chi connectivity index (χ0) is 16.2. The number of methoxy groups -OCH3 is 1. The Morgan fingerprint density at radius 1 is 1.04 bits per heavy atom. The van der Waals surface area contributed by atoms with Crippen molar-refractivity contribution in [3.8, 4) is 11.5 Å². The van der Waals surface area contributed by atoms with E-state index in [9.17, 15) is 9.59 Å². The lowest BCUT2D eigenvalue weighted by atomic mass is 10.2. The van der Waals surface area contributed by atoms with E-state index < -0.39 is 0 Å². The van der Waals surface area contributed by atoms with Crippen LogP contribution in [-0.4, -0.2) is 17.6 Å². The lowest BCUT2D eigenvalue weighted by Crippen LogP contribution is -2.15. The van der Waals surface area contributed by atoms with Crippen molar-refractivity contribution in [3.63, 3.8) is 0 Å². The number of nitrogens with zero attached hydrogens (tertiary/aromatic N) is 1. The molecule has 0 aliphatic carbocycles. The van der Waals surface area contributed by atoms with Crippen molar-refractivity contribution in [1.82, 2.24) is 4.57 Å². The van der Waals surface area contributed by atoms with E-state index in [-0.39, 0.29) is 17.9 Å². The highest BCUT2D eigenvalue weighted by atomic mass is 16.5. The van der Waals surface area contributed by atoms with E-state index in [4.69, 9.17) is 4.74 Å². The predicted molar refractivity (Wildman–Crippen MR) is 86.7 cm³/mol. The maximum absolute atomic E-state index is 12.1. The second kappa shape index (κ2) is 6.36. The van der Waals surface area contributed by atoms with Crippen LogP contribution in [0.25, 0.3) is 10.9 Å². The molecule has 0 aliphatic heterocycles. The summed E-state index contributed by atoms with van der Waals surface area (Å²) in [5.74, 6) is 0.883. The topological polar surface area (TPSA) is 57.5 Å². The van der Waals surface area contributed by atoms with Crippen LogP contribution in [0.3, 0.4) is 0 Å². The van der Waals surface area contributed by atoms with Crippen LogP contribution in [0.1, 0.15) is 0 Å². The lowest BCUT2D eigenvalue weighted by Gasteiger charge is -2.11. The maximum atomic E-state index is 12.1. The summed E-state index contributed by atoms with van der Waals surface area (Å²) in [6, 6.07) is 16.0. The fraction of sp³-hybridized carbons (Fsp3) is 0.111. The van der Waals surface area contributed by atoms with Gasteiger partial charge in [0.05, 0.1) is 12.6 Å². The number of hydrogen-bond donors (Lipinski definition) is 0. The maximum Gasteiger partial charge on any atom is 0.325 e. The first-order valence-corrected chi connectivity index (χ1v) is 7.10. The molecule has 3 aromatic rings. The van der Waals surface area contributed by atoms with Gasteiger partial charge in [-0.1, -0.05) is 18.2 Å². The van der Waals surface area contributed by atoms with Crippen molar-refractivity contribution in [1.29, 1.82) is 0 Å². The molecule has 0 unspecified atom stereocenters. The average molecular weight is 309 g/mol. The highest BCUT2D eigenvalue weighted by molar-refractivity contribution is 5.82. The Balaban J connectivity index is 2.01. The Morgan fingerprint density at radius 2 is 1.83 bits per heavy atom. The van der Waals surface area contributed by atoms with Gasteiger partial charge in [0.2, 0.25) is 0 Å². The molecule has 23 heavy (non-hydrogen) atoms. The minimum atomic E-state index is -0.375. The number of ether oxygens (including phenoxy) is 2. The lowest BCUT2D eigenvalue weighted by molar-refractivity contribution is -0.141. The number of fused-ring (bicyclic) bond motifs is 1. The SMILES string of the molecule is COC(=O)Cn1ccc(=O)c2cc(Oc3ccccc3)ccc21. The molecule has 0 amide bonds. The first-order chi connectivity index (χ1) is 11.2. The fourth-order valence-corrected chi connectivity index (χ4v) is 2.32. The molecule has 5 heteroatoms. The van der Waals surface area contributed by atoms with Crippen LogP contribution in [0.5, 0.6) is 11.5 Å². The Kier molecular flexibility index (Phi) is 4.10. The molecule has 0 radical (unpaired) electrons. The molecule has 5 nitrogen and oxygen atoms in total. The molecule has 0 saturated heterocycles. The summed E-state index contributed by atoms with van der Waals surface area (Å²) in [5, 5.41) is 0.491. The van der Waals surface area contributed by atoms with E-state index in [2.05, 4.69) is 4.74 Å². The molecule has 1 heterocycles. The second-order valence-corrected chi connectivity index (χ2v) is 4.98. The highest BCUT2D eigenvalue weighted by Crippen LogP contribution is 2.24. The zero-order valence-corrected chi connectivity index (χ0v) is 12.6. The largest absolute Gasteiger partial charge is 0.468 e. The Morgan fingerprint density at radius 3 is 2.57 bits per heavy atom. The number of benzene rings is 2. The van der Waals surface area contributed by atoms with Crippen LogP contribution >= 0.6 is 0 Å². The molecule has 0 bridgehead atoms. The summed E-state index contributed by atoms with van der Waals surface area (Å²) in [6.07, 6.45) is 1.58. The van der Waals surface area contributed by atoms with Crippen molar-refractivity contribution in [2.45, 2.75) is 6.54 Å². The molecule has 0 aliphatic rings. The van der Waals surface area contributed by atoms with Gasteiger partial charge in [-0.25, -0.2) is 0 Å². The summed E-state index contributed by atoms with van der Waals surface area (Å²) < 4.78 is 12.1.